The Hall–Kier alpha value is -1.50. The van der Waals surface area contributed by atoms with E-state index in [4.69, 9.17) is 0 Å². The molecular weight excluding hydrogens is 218 g/mol. The topological polar surface area (TPSA) is 12.0 Å². The summed E-state index contributed by atoms with van der Waals surface area (Å²) in [6, 6.07) is 15.8. The molecule has 0 spiro atoms. The van der Waals surface area contributed by atoms with Gasteiger partial charge in [-0.25, -0.2) is 0 Å². The zero-order valence-corrected chi connectivity index (χ0v) is 11.2. The first-order valence-electron chi connectivity index (χ1n) is 6.98. The highest BCUT2D eigenvalue weighted by atomic mass is 14.9. The quantitative estimate of drug-likeness (QED) is 0.819. The predicted octanol–water partition coefficient (Wildman–Crippen LogP) is 4.69. The first-order chi connectivity index (χ1) is 8.74. The summed E-state index contributed by atoms with van der Waals surface area (Å²) in [6.07, 6.45) is 2.64. The maximum atomic E-state index is 3.71. The van der Waals surface area contributed by atoms with Gasteiger partial charge in [0.1, 0.15) is 0 Å². The van der Waals surface area contributed by atoms with Crippen molar-refractivity contribution in [2.45, 2.75) is 32.7 Å². The number of anilines is 1. The first kappa shape index (κ1) is 11.6. The molecule has 0 atom stereocenters. The Balaban J connectivity index is 1.76. The second-order valence-electron chi connectivity index (χ2n) is 5.84. The van der Waals surface area contributed by atoms with Crippen LogP contribution in [0, 0.1) is 11.8 Å². The van der Waals surface area contributed by atoms with Crippen LogP contribution in [0.5, 0.6) is 0 Å². The van der Waals surface area contributed by atoms with Crippen LogP contribution in [0.25, 0.3) is 10.8 Å². The summed E-state index contributed by atoms with van der Waals surface area (Å²) >= 11 is 0. The normalized spacial score (nSPS) is 23.1. The van der Waals surface area contributed by atoms with Gasteiger partial charge in [-0.05, 0) is 36.1 Å². The molecule has 0 aromatic heterocycles. The molecule has 1 fully saturated rings. The summed E-state index contributed by atoms with van der Waals surface area (Å²) in [4.78, 5) is 0. The van der Waals surface area contributed by atoms with E-state index in [-0.39, 0.29) is 0 Å². The molecular formula is C17H21N. The molecule has 0 radical (unpaired) electrons. The fourth-order valence-electron chi connectivity index (χ4n) is 2.90. The Morgan fingerprint density at radius 3 is 2.50 bits per heavy atom. The van der Waals surface area contributed by atoms with Crippen LogP contribution in [0.2, 0.25) is 0 Å². The minimum Gasteiger partial charge on any atom is -0.382 e. The van der Waals surface area contributed by atoms with Gasteiger partial charge >= 0.3 is 0 Å². The Bertz CT molecular complexity index is 533. The van der Waals surface area contributed by atoms with Gasteiger partial charge in [0.05, 0.1) is 0 Å². The second kappa shape index (κ2) is 4.64. The van der Waals surface area contributed by atoms with E-state index in [2.05, 4.69) is 61.6 Å². The zero-order valence-electron chi connectivity index (χ0n) is 11.2. The van der Waals surface area contributed by atoms with Gasteiger partial charge in [-0.2, -0.15) is 0 Å². The number of fused-ring (bicyclic) bond motifs is 1. The lowest BCUT2D eigenvalue weighted by Crippen LogP contribution is -2.37. The van der Waals surface area contributed by atoms with Crippen LogP contribution in [-0.4, -0.2) is 6.04 Å². The highest BCUT2D eigenvalue weighted by Crippen LogP contribution is 2.36. The van der Waals surface area contributed by atoms with Gasteiger partial charge in [0.25, 0.3) is 0 Å². The van der Waals surface area contributed by atoms with Crippen LogP contribution in [0.4, 0.5) is 5.69 Å². The maximum absolute atomic E-state index is 3.71. The van der Waals surface area contributed by atoms with Gasteiger partial charge in [-0.1, -0.05) is 50.2 Å². The summed E-state index contributed by atoms with van der Waals surface area (Å²) in [5, 5.41) is 6.37. The van der Waals surface area contributed by atoms with E-state index >= 15 is 0 Å². The van der Waals surface area contributed by atoms with Gasteiger partial charge < -0.3 is 5.32 Å². The predicted molar refractivity (Wildman–Crippen MR) is 78.9 cm³/mol. The molecule has 0 bridgehead atoms. The van der Waals surface area contributed by atoms with Gasteiger partial charge in [0.15, 0.2) is 0 Å². The van der Waals surface area contributed by atoms with E-state index in [1.165, 1.54) is 29.3 Å². The van der Waals surface area contributed by atoms with Gasteiger partial charge in [-0.3, -0.25) is 0 Å². The van der Waals surface area contributed by atoms with Crippen LogP contribution in [0.15, 0.2) is 42.5 Å². The number of rotatable bonds is 3. The monoisotopic (exact) mass is 239 g/mol. The molecule has 1 aliphatic carbocycles. The molecule has 1 heteroatoms. The highest BCUT2D eigenvalue weighted by molar-refractivity contribution is 5.93. The molecule has 3 rings (SSSR count). The third kappa shape index (κ3) is 2.10. The molecule has 1 saturated carbocycles. The van der Waals surface area contributed by atoms with Gasteiger partial charge in [-0.15, -0.1) is 0 Å². The van der Waals surface area contributed by atoms with E-state index in [0.29, 0.717) is 6.04 Å². The van der Waals surface area contributed by atoms with Crippen molar-refractivity contribution in [3.8, 4) is 0 Å². The van der Waals surface area contributed by atoms with Crippen molar-refractivity contribution in [2.75, 3.05) is 5.32 Å². The molecule has 0 unspecified atom stereocenters. The van der Waals surface area contributed by atoms with E-state index in [1.54, 1.807) is 0 Å². The third-order valence-corrected chi connectivity index (χ3v) is 4.27. The average Bonchev–Trinajstić information content (AvgIpc) is 2.33. The summed E-state index contributed by atoms with van der Waals surface area (Å²) < 4.78 is 0. The zero-order chi connectivity index (χ0) is 12.5. The van der Waals surface area contributed by atoms with Crippen LogP contribution in [0.3, 0.4) is 0 Å². The number of benzene rings is 2. The lowest BCUT2D eigenvalue weighted by Gasteiger charge is -2.39. The number of nitrogens with one attached hydrogen (secondary N) is 1. The van der Waals surface area contributed by atoms with Crippen LogP contribution in [-0.2, 0) is 0 Å². The minimum atomic E-state index is 0.670. The van der Waals surface area contributed by atoms with Crippen LogP contribution in [0.1, 0.15) is 26.7 Å². The van der Waals surface area contributed by atoms with Crippen molar-refractivity contribution in [3.63, 3.8) is 0 Å². The molecule has 0 saturated heterocycles. The Kier molecular flexibility index (Phi) is 2.99. The summed E-state index contributed by atoms with van der Waals surface area (Å²) in [7, 11) is 0. The molecule has 1 nitrogen and oxygen atoms in total. The molecule has 0 heterocycles. The van der Waals surface area contributed by atoms with Crippen molar-refractivity contribution < 1.29 is 0 Å². The van der Waals surface area contributed by atoms with Crippen molar-refractivity contribution in [1.82, 2.24) is 0 Å². The summed E-state index contributed by atoms with van der Waals surface area (Å²) in [5.41, 5.74) is 1.29. The lowest BCUT2D eigenvalue weighted by atomic mass is 9.73. The molecule has 2 aromatic rings. The molecule has 0 aliphatic heterocycles. The van der Waals surface area contributed by atoms with Crippen molar-refractivity contribution in [1.29, 1.82) is 0 Å². The van der Waals surface area contributed by atoms with E-state index in [9.17, 15) is 0 Å². The van der Waals surface area contributed by atoms with Gasteiger partial charge in [0, 0.05) is 17.1 Å². The lowest BCUT2D eigenvalue weighted by molar-refractivity contribution is 0.212. The molecule has 94 valence electrons. The molecule has 2 aromatic carbocycles. The summed E-state index contributed by atoms with van der Waals surface area (Å²) in [5.74, 6) is 1.74. The van der Waals surface area contributed by atoms with Crippen molar-refractivity contribution >= 4 is 16.5 Å². The Labute approximate surface area is 109 Å². The highest BCUT2D eigenvalue weighted by Gasteiger charge is 2.31. The second-order valence-corrected chi connectivity index (χ2v) is 5.84. The number of hydrogen-bond donors (Lipinski definition) is 1. The fraction of sp³-hybridized carbons (Fsp3) is 0.412. The number of hydrogen-bond acceptors (Lipinski definition) is 1. The minimum absolute atomic E-state index is 0.670. The first-order valence-corrected chi connectivity index (χ1v) is 6.98. The summed E-state index contributed by atoms with van der Waals surface area (Å²) in [6.45, 7) is 4.66. The molecule has 18 heavy (non-hydrogen) atoms. The van der Waals surface area contributed by atoms with Crippen LogP contribution >= 0.6 is 0 Å². The van der Waals surface area contributed by atoms with Crippen molar-refractivity contribution in [2.24, 2.45) is 11.8 Å². The van der Waals surface area contributed by atoms with E-state index in [1.807, 2.05) is 0 Å². The van der Waals surface area contributed by atoms with E-state index < -0.39 is 0 Å². The van der Waals surface area contributed by atoms with Crippen molar-refractivity contribution in [3.05, 3.63) is 42.5 Å². The smallest absolute Gasteiger partial charge is 0.0422 e. The Morgan fingerprint density at radius 2 is 1.72 bits per heavy atom. The third-order valence-electron chi connectivity index (χ3n) is 4.27. The van der Waals surface area contributed by atoms with E-state index in [0.717, 1.165) is 11.8 Å². The average molecular weight is 239 g/mol. The van der Waals surface area contributed by atoms with Gasteiger partial charge in [0.2, 0.25) is 0 Å². The molecule has 1 aliphatic rings. The standard InChI is InChI=1S/C17H21N/c1-12(2)14-10-15(11-14)18-17-9-5-7-13-6-3-4-8-16(13)17/h3-9,12,14-15,18H,10-11H2,1-2H3. The SMILES string of the molecule is CC(C)C1CC(Nc2cccc3ccccc23)C1. The van der Waals surface area contributed by atoms with Crippen LogP contribution < -0.4 is 5.32 Å². The fourth-order valence-corrected chi connectivity index (χ4v) is 2.90. The molecule has 1 N–H and O–H groups in total. The molecule has 0 amide bonds. The largest absolute Gasteiger partial charge is 0.382 e. The maximum Gasteiger partial charge on any atom is 0.0422 e. The Morgan fingerprint density at radius 1 is 1.00 bits per heavy atom.